The zero-order chi connectivity index (χ0) is 7.02. The van der Waals surface area contributed by atoms with Crippen molar-refractivity contribution in [3.8, 4) is 0 Å². The molecule has 0 unspecified atom stereocenters. The maximum Gasteiger partial charge on any atom is 0.230 e. The van der Waals surface area contributed by atoms with Crippen LogP contribution in [0.4, 0.5) is 0 Å². The average Bonchev–Trinajstić information content (AvgIpc) is 1.98. The Kier molecular flexibility index (Phi) is 1.27. The summed E-state index contributed by atoms with van der Waals surface area (Å²) in [6.07, 6.45) is 0.0949. The van der Waals surface area contributed by atoms with Crippen molar-refractivity contribution in [2.45, 2.75) is 19.4 Å². The van der Waals surface area contributed by atoms with Crippen LogP contribution < -0.4 is 0 Å². The Morgan fingerprint density at radius 2 is 2.11 bits per heavy atom. The fourth-order valence-corrected chi connectivity index (χ4v) is 0.853. The topological polar surface area (TPSA) is 37.4 Å². The number of amides is 1. The van der Waals surface area contributed by atoms with E-state index < -0.39 is 0 Å². The number of hydrogen-bond donors (Lipinski definition) is 0. The van der Waals surface area contributed by atoms with Gasteiger partial charge in [0.2, 0.25) is 5.91 Å². The van der Waals surface area contributed by atoms with Crippen molar-refractivity contribution in [1.29, 1.82) is 0 Å². The summed E-state index contributed by atoms with van der Waals surface area (Å²) in [5, 5.41) is 0. The van der Waals surface area contributed by atoms with Crippen LogP contribution >= 0.6 is 0 Å². The summed E-state index contributed by atoms with van der Waals surface area (Å²) in [7, 11) is 1.65. The van der Waals surface area contributed by atoms with E-state index in [1.807, 2.05) is 0 Å². The van der Waals surface area contributed by atoms with E-state index >= 15 is 0 Å². The van der Waals surface area contributed by atoms with Gasteiger partial charge in [0.15, 0.2) is 5.78 Å². The van der Waals surface area contributed by atoms with Crippen LogP contribution in [0, 0.1) is 0 Å². The smallest absolute Gasteiger partial charge is 0.230 e. The van der Waals surface area contributed by atoms with Gasteiger partial charge in [-0.2, -0.15) is 0 Å². The van der Waals surface area contributed by atoms with Crippen LogP contribution in [0.5, 0.6) is 0 Å². The van der Waals surface area contributed by atoms with Crippen molar-refractivity contribution < 1.29 is 9.59 Å². The Morgan fingerprint density at radius 3 is 2.22 bits per heavy atom. The minimum absolute atomic E-state index is 0.0301. The van der Waals surface area contributed by atoms with Crippen LogP contribution in [0.2, 0.25) is 0 Å². The molecule has 0 radical (unpaired) electrons. The highest BCUT2D eigenvalue weighted by atomic mass is 16.2. The Hall–Kier alpha value is -0.860. The quantitative estimate of drug-likeness (QED) is 0.423. The second-order valence-electron chi connectivity index (χ2n) is 2.32. The molecule has 0 aliphatic carbocycles. The molecule has 9 heavy (non-hydrogen) atoms. The third-order valence-corrected chi connectivity index (χ3v) is 1.77. The molecule has 1 atom stereocenters. The molecule has 1 aliphatic heterocycles. The first-order valence-corrected chi connectivity index (χ1v) is 2.91. The van der Waals surface area contributed by atoms with Crippen molar-refractivity contribution in [1.82, 2.24) is 4.90 Å². The molecule has 0 bridgehead atoms. The number of carbonyl (C=O) groups excluding carboxylic acids is 2. The Bertz CT molecular complexity index is 146. The summed E-state index contributed by atoms with van der Waals surface area (Å²) >= 11 is 0. The summed E-state index contributed by atoms with van der Waals surface area (Å²) in [4.78, 5) is 22.9. The Balaban J connectivity index is 2.77. The van der Waals surface area contributed by atoms with Gasteiger partial charge in [0, 0.05) is 7.05 Å². The molecule has 1 amide bonds. The van der Waals surface area contributed by atoms with Crippen molar-refractivity contribution >= 4 is 11.7 Å². The summed E-state index contributed by atoms with van der Waals surface area (Å²) in [6, 6.07) is -0.197. The van der Waals surface area contributed by atoms with Gasteiger partial charge in [-0.15, -0.1) is 0 Å². The number of Topliss-reactive ketones (excluding diaryl/α,β-unsaturated/α-hetero) is 1. The summed E-state index contributed by atoms with van der Waals surface area (Å²) in [5.74, 6) is -0.0324. The molecular weight excluding hydrogens is 118 g/mol. The minimum Gasteiger partial charge on any atom is -0.336 e. The Morgan fingerprint density at radius 1 is 1.56 bits per heavy atom. The van der Waals surface area contributed by atoms with Crippen LogP contribution in [-0.4, -0.2) is 29.7 Å². The zero-order valence-electron chi connectivity index (χ0n) is 5.55. The summed E-state index contributed by atoms with van der Waals surface area (Å²) in [5.41, 5.74) is 0. The van der Waals surface area contributed by atoms with E-state index in [9.17, 15) is 9.59 Å². The van der Waals surface area contributed by atoms with Crippen LogP contribution in [0.15, 0.2) is 0 Å². The number of likely N-dealkylation sites (tertiary alicyclic amines) is 1. The van der Waals surface area contributed by atoms with E-state index in [1.54, 1.807) is 14.0 Å². The first kappa shape index (κ1) is 6.26. The molecule has 1 rings (SSSR count). The molecular formula is C6H9NO2. The van der Waals surface area contributed by atoms with Gasteiger partial charge in [-0.25, -0.2) is 0 Å². The van der Waals surface area contributed by atoms with Crippen molar-refractivity contribution in [2.24, 2.45) is 0 Å². The lowest BCUT2D eigenvalue weighted by Gasteiger charge is -2.11. The monoisotopic (exact) mass is 127 g/mol. The predicted molar refractivity (Wildman–Crippen MR) is 31.9 cm³/mol. The molecule has 0 spiro atoms. The molecule has 0 aromatic heterocycles. The van der Waals surface area contributed by atoms with Gasteiger partial charge in [0.1, 0.15) is 0 Å². The molecule has 1 saturated heterocycles. The van der Waals surface area contributed by atoms with Crippen LogP contribution in [0.1, 0.15) is 13.3 Å². The third kappa shape index (κ3) is 0.823. The number of ketones is 1. The van der Waals surface area contributed by atoms with E-state index in [4.69, 9.17) is 0 Å². The first-order valence-electron chi connectivity index (χ1n) is 2.91. The van der Waals surface area contributed by atoms with Crippen molar-refractivity contribution in [3.05, 3.63) is 0 Å². The summed E-state index contributed by atoms with van der Waals surface area (Å²) in [6.45, 7) is 1.74. The maximum atomic E-state index is 10.7. The fourth-order valence-electron chi connectivity index (χ4n) is 0.853. The molecule has 1 fully saturated rings. The van der Waals surface area contributed by atoms with E-state index in [-0.39, 0.29) is 24.2 Å². The highest BCUT2D eigenvalue weighted by Crippen LogP contribution is 2.10. The number of likely N-dealkylation sites (N-methyl/N-ethyl adjacent to an activating group) is 1. The largest absolute Gasteiger partial charge is 0.336 e. The second kappa shape index (κ2) is 1.83. The van der Waals surface area contributed by atoms with Crippen LogP contribution in [0.25, 0.3) is 0 Å². The molecule has 0 aromatic carbocycles. The molecule has 0 aromatic rings. The fraction of sp³-hybridized carbons (Fsp3) is 0.667. The van der Waals surface area contributed by atoms with Gasteiger partial charge in [0.05, 0.1) is 12.5 Å². The van der Waals surface area contributed by atoms with E-state index in [0.29, 0.717) is 0 Å². The lowest BCUT2D eigenvalue weighted by atomic mass is 10.2. The highest BCUT2D eigenvalue weighted by Gasteiger charge is 2.31. The zero-order valence-corrected chi connectivity index (χ0v) is 5.55. The Labute approximate surface area is 53.6 Å². The van der Waals surface area contributed by atoms with Crippen LogP contribution in [-0.2, 0) is 9.59 Å². The molecule has 1 heterocycles. The minimum atomic E-state index is -0.197. The molecule has 3 nitrogen and oxygen atoms in total. The number of nitrogens with zero attached hydrogens (tertiary/aromatic N) is 1. The van der Waals surface area contributed by atoms with Gasteiger partial charge >= 0.3 is 0 Å². The molecule has 0 N–H and O–H groups in total. The molecule has 0 saturated carbocycles. The van der Waals surface area contributed by atoms with Gasteiger partial charge < -0.3 is 4.90 Å². The standard InChI is InChI=1S/C6H9NO2/c1-4-5(8)3-6(9)7(4)2/h4H,3H2,1-2H3/t4-/m1/s1. The third-order valence-electron chi connectivity index (χ3n) is 1.77. The molecule has 3 heteroatoms. The second-order valence-corrected chi connectivity index (χ2v) is 2.32. The highest BCUT2D eigenvalue weighted by molar-refractivity contribution is 6.07. The lowest BCUT2D eigenvalue weighted by molar-refractivity contribution is -0.127. The van der Waals surface area contributed by atoms with Crippen LogP contribution in [0.3, 0.4) is 0 Å². The van der Waals surface area contributed by atoms with Crippen molar-refractivity contribution in [2.75, 3.05) is 7.05 Å². The van der Waals surface area contributed by atoms with Gasteiger partial charge in [-0.3, -0.25) is 9.59 Å². The maximum absolute atomic E-state index is 10.7. The number of hydrogen-bond acceptors (Lipinski definition) is 2. The molecule has 50 valence electrons. The SMILES string of the molecule is C[C@@H]1C(=O)CC(=O)N1C. The van der Waals surface area contributed by atoms with E-state index in [0.717, 1.165) is 0 Å². The van der Waals surface area contributed by atoms with Gasteiger partial charge in [-0.05, 0) is 6.92 Å². The van der Waals surface area contributed by atoms with Gasteiger partial charge in [0.25, 0.3) is 0 Å². The predicted octanol–water partition coefficient (Wildman–Crippen LogP) is -0.194. The first-order chi connectivity index (χ1) is 4.13. The number of rotatable bonds is 0. The normalized spacial score (nSPS) is 27.8. The van der Waals surface area contributed by atoms with Gasteiger partial charge in [-0.1, -0.05) is 0 Å². The summed E-state index contributed by atoms with van der Waals surface area (Å²) < 4.78 is 0. The number of carbonyl (C=O) groups is 2. The lowest BCUT2D eigenvalue weighted by Crippen LogP contribution is -2.28. The van der Waals surface area contributed by atoms with E-state index in [2.05, 4.69) is 0 Å². The van der Waals surface area contributed by atoms with E-state index in [1.165, 1.54) is 4.90 Å². The van der Waals surface area contributed by atoms with Crippen molar-refractivity contribution in [3.63, 3.8) is 0 Å². The molecule has 1 aliphatic rings. The average molecular weight is 127 g/mol.